The molecule has 0 aromatic heterocycles. The highest BCUT2D eigenvalue weighted by Gasteiger charge is 2.13. The molecule has 0 unspecified atom stereocenters. The number of halogens is 1. The Labute approximate surface area is 132 Å². The van der Waals surface area contributed by atoms with E-state index in [1.807, 2.05) is 6.07 Å². The molecule has 0 spiro atoms. The van der Waals surface area contributed by atoms with Gasteiger partial charge in [0, 0.05) is 17.2 Å². The highest BCUT2D eigenvalue weighted by molar-refractivity contribution is 6.32. The van der Waals surface area contributed by atoms with Crippen molar-refractivity contribution >= 4 is 35.0 Å². The molecule has 0 aliphatic carbocycles. The fourth-order valence-electron chi connectivity index (χ4n) is 1.91. The number of rotatable bonds is 4. The van der Waals surface area contributed by atoms with Crippen molar-refractivity contribution in [3.63, 3.8) is 0 Å². The maximum atomic E-state index is 11.9. The fraction of sp³-hybridized carbons (Fsp3) is 0.0625. The van der Waals surface area contributed by atoms with Gasteiger partial charge >= 0.3 is 0 Å². The fourth-order valence-corrected chi connectivity index (χ4v) is 2.11. The molecule has 0 aliphatic heterocycles. The molecule has 112 valence electrons. The zero-order chi connectivity index (χ0) is 16.1. The van der Waals surface area contributed by atoms with Gasteiger partial charge in [0.15, 0.2) is 0 Å². The van der Waals surface area contributed by atoms with Gasteiger partial charge in [0.2, 0.25) is 5.91 Å². The first kappa shape index (κ1) is 15.7. The van der Waals surface area contributed by atoms with Crippen molar-refractivity contribution in [2.24, 2.45) is 0 Å². The van der Waals surface area contributed by atoms with Crippen molar-refractivity contribution in [1.29, 1.82) is 0 Å². The first-order chi connectivity index (χ1) is 10.5. The number of hydrogen-bond acceptors (Lipinski definition) is 3. The van der Waals surface area contributed by atoms with E-state index in [-0.39, 0.29) is 11.6 Å². The minimum atomic E-state index is -0.482. The van der Waals surface area contributed by atoms with Crippen LogP contribution in [-0.2, 0) is 4.79 Å². The number of carbonyl (C=O) groups is 1. The van der Waals surface area contributed by atoms with Gasteiger partial charge in [0.25, 0.3) is 5.69 Å². The summed E-state index contributed by atoms with van der Waals surface area (Å²) in [5.41, 5.74) is 1.50. The topological polar surface area (TPSA) is 72.2 Å². The Kier molecular flexibility index (Phi) is 4.91. The second-order valence-corrected chi connectivity index (χ2v) is 4.96. The van der Waals surface area contributed by atoms with E-state index < -0.39 is 4.92 Å². The van der Waals surface area contributed by atoms with E-state index in [2.05, 4.69) is 5.32 Å². The highest BCUT2D eigenvalue weighted by Crippen LogP contribution is 2.25. The minimum Gasteiger partial charge on any atom is -0.322 e. The number of nitro groups is 1. The van der Waals surface area contributed by atoms with Crippen molar-refractivity contribution in [3.05, 3.63) is 74.8 Å². The van der Waals surface area contributed by atoms with Gasteiger partial charge in [-0.15, -0.1) is 0 Å². The number of amides is 1. The number of hydrogen-bond donors (Lipinski definition) is 1. The van der Waals surface area contributed by atoms with E-state index in [9.17, 15) is 14.9 Å². The lowest BCUT2D eigenvalue weighted by atomic mass is 10.1. The standard InChI is InChI=1S/C16H13ClN2O3/c1-11-14(7-4-8-15(11)19(21)22)18-16(20)10-9-12-5-2-3-6-13(12)17/h2-10H,1H3,(H,18,20)/b10-9+. The molecular formula is C16H13ClN2O3. The minimum absolute atomic E-state index is 0.0344. The van der Waals surface area contributed by atoms with Crippen LogP contribution in [0.1, 0.15) is 11.1 Å². The molecule has 1 N–H and O–H groups in total. The molecule has 1 amide bonds. The third-order valence-corrected chi connectivity index (χ3v) is 3.42. The van der Waals surface area contributed by atoms with Crippen molar-refractivity contribution < 1.29 is 9.72 Å². The van der Waals surface area contributed by atoms with Gasteiger partial charge in [-0.1, -0.05) is 35.9 Å². The van der Waals surface area contributed by atoms with Crippen LogP contribution in [0.5, 0.6) is 0 Å². The third kappa shape index (κ3) is 3.71. The first-order valence-electron chi connectivity index (χ1n) is 6.46. The van der Waals surface area contributed by atoms with E-state index in [1.165, 1.54) is 18.2 Å². The Bertz CT molecular complexity index is 757. The highest BCUT2D eigenvalue weighted by atomic mass is 35.5. The Morgan fingerprint density at radius 1 is 1.23 bits per heavy atom. The average Bonchev–Trinajstić information content (AvgIpc) is 2.48. The number of anilines is 1. The predicted octanol–water partition coefficient (Wildman–Crippen LogP) is 4.21. The summed E-state index contributed by atoms with van der Waals surface area (Å²) >= 11 is 5.99. The van der Waals surface area contributed by atoms with Gasteiger partial charge in [-0.05, 0) is 30.7 Å². The largest absolute Gasteiger partial charge is 0.322 e. The van der Waals surface area contributed by atoms with Crippen molar-refractivity contribution in [3.8, 4) is 0 Å². The third-order valence-electron chi connectivity index (χ3n) is 3.08. The quantitative estimate of drug-likeness (QED) is 0.521. The molecule has 0 saturated heterocycles. The molecule has 6 heteroatoms. The molecule has 2 rings (SSSR count). The molecule has 0 radical (unpaired) electrons. The van der Waals surface area contributed by atoms with Crippen molar-refractivity contribution in [2.75, 3.05) is 5.32 Å². The number of nitro benzene ring substituents is 1. The average molecular weight is 317 g/mol. The number of carbonyl (C=O) groups excluding carboxylic acids is 1. The first-order valence-corrected chi connectivity index (χ1v) is 6.84. The van der Waals surface area contributed by atoms with Crippen LogP contribution in [-0.4, -0.2) is 10.8 Å². The van der Waals surface area contributed by atoms with E-state index in [0.717, 1.165) is 5.56 Å². The van der Waals surface area contributed by atoms with Crippen LogP contribution in [0, 0.1) is 17.0 Å². The zero-order valence-corrected chi connectivity index (χ0v) is 12.5. The van der Waals surface area contributed by atoms with Crippen molar-refractivity contribution in [1.82, 2.24) is 0 Å². The maximum absolute atomic E-state index is 11.9. The molecular weight excluding hydrogens is 304 g/mol. The van der Waals surface area contributed by atoms with E-state index >= 15 is 0 Å². The molecule has 22 heavy (non-hydrogen) atoms. The summed E-state index contributed by atoms with van der Waals surface area (Å²) in [6.07, 6.45) is 2.92. The predicted molar refractivity (Wildman–Crippen MR) is 86.9 cm³/mol. The van der Waals surface area contributed by atoms with Gasteiger partial charge in [-0.3, -0.25) is 14.9 Å². The van der Waals surface area contributed by atoms with Gasteiger partial charge in [0.1, 0.15) is 0 Å². The van der Waals surface area contributed by atoms with Crippen LogP contribution in [0.2, 0.25) is 5.02 Å². The molecule has 0 atom stereocenters. The number of nitrogens with zero attached hydrogens (tertiary/aromatic N) is 1. The SMILES string of the molecule is Cc1c(NC(=O)/C=C/c2ccccc2Cl)cccc1[N+](=O)[O-]. The lowest BCUT2D eigenvalue weighted by Gasteiger charge is -2.06. The second-order valence-electron chi connectivity index (χ2n) is 4.55. The summed E-state index contributed by atoms with van der Waals surface area (Å²) in [5, 5.41) is 14.0. The molecule has 0 aliphatic rings. The summed E-state index contributed by atoms with van der Waals surface area (Å²) in [6.45, 7) is 1.59. The molecule has 0 fully saturated rings. The molecule has 0 bridgehead atoms. The molecule has 2 aromatic rings. The molecule has 5 nitrogen and oxygen atoms in total. The molecule has 0 heterocycles. The van der Waals surface area contributed by atoms with Crippen LogP contribution in [0.3, 0.4) is 0 Å². The Morgan fingerprint density at radius 3 is 2.64 bits per heavy atom. The lowest BCUT2D eigenvalue weighted by Crippen LogP contribution is -2.09. The summed E-state index contributed by atoms with van der Waals surface area (Å²) in [7, 11) is 0. The van der Waals surface area contributed by atoms with Gasteiger partial charge in [-0.2, -0.15) is 0 Å². The summed E-state index contributed by atoms with van der Waals surface area (Å²) in [4.78, 5) is 22.3. The Balaban J connectivity index is 2.15. The van der Waals surface area contributed by atoms with Crippen LogP contribution in [0.15, 0.2) is 48.5 Å². The van der Waals surface area contributed by atoms with Gasteiger partial charge in [0.05, 0.1) is 16.2 Å². The van der Waals surface area contributed by atoms with Crippen LogP contribution in [0.25, 0.3) is 6.08 Å². The van der Waals surface area contributed by atoms with E-state index in [4.69, 9.17) is 11.6 Å². The Hall–Kier alpha value is -2.66. The zero-order valence-electron chi connectivity index (χ0n) is 11.7. The monoisotopic (exact) mass is 316 g/mol. The number of nitrogens with one attached hydrogen (secondary N) is 1. The maximum Gasteiger partial charge on any atom is 0.274 e. The van der Waals surface area contributed by atoms with Crippen LogP contribution < -0.4 is 5.32 Å². The van der Waals surface area contributed by atoms with Gasteiger partial charge in [-0.25, -0.2) is 0 Å². The van der Waals surface area contributed by atoms with Gasteiger partial charge < -0.3 is 5.32 Å². The van der Waals surface area contributed by atoms with Crippen LogP contribution in [0.4, 0.5) is 11.4 Å². The van der Waals surface area contributed by atoms with E-state index in [1.54, 1.807) is 37.3 Å². The number of benzene rings is 2. The van der Waals surface area contributed by atoms with Crippen molar-refractivity contribution in [2.45, 2.75) is 6.92 Å². The second kappa shape index (κ2) is 6.87. The Morgan fingerprint density at radius 2 is 1.95 bits per heavy atom. The summed E-state index contributed by atoms with van der Waals surface area (Å²) < 4.78 is 0. The summed E-state index contributed by atoms with van der Waals surface area (Å²) in [5.74, 6) is -0.386. The normalized spacial score (nSPS) is 10.6. The smallest absolute Gasteiger partial charge is 0.274 e. The summed E-state index contributed by atoms with van der Waals surface area (Å²) in [6, 6.07) is 11.7. The van der Waals surface area contributed by atoms with Crippen LogP contribution >= 0.6 is 11.6 Å². The lowest BCUT2D eigenvalue weighted by molar-refractivity contribution is -0.385. The molecule has 0 saturated carbocycles. The van der Waals surface area contributed by atoms with E-state index in [0.29, 0.717) is 16.3 Å². The molecule has 2 aromatic carbocycles.